The van der Waals surface area contributed by atoms with Gasteiger partial charge < -0.3 is 50.5 Å². The van der Waals surface area contributed by atoms with Crippen molar-refractivity contribution in [1.82, 2.24) is 24.6 Å². The van der Waals surface area contributed by atoms with Gasteiger partial charge >= 0.3 is 17.9 Å². The van der Waals surface area contributed by atoms with E-state index in [0.717, 1.165) is 0 Å². The van der Waals surface area contributed by atoms with Crippen LogP contribution in [0.1, 0.15) is 12.8 Å². The molecule has 18 N–H and O–H groups in total. The lowest BCUT2D eigenvalue weighted by atomic mass is 9.96. The van der Waals surface area contributed by atoms with E-state index in [1.165, 1.54) is 0 Å². The number of aliphatic carboxylic acids is 3. The molecule has 0 spiro atoms. The van der Waals surface area contributed by atoms with Crippen molar-refractivity contribution in [1.29, 1.82) is 0 Å². The minimum atomic E-state index is -2.74. The van der Waals surface area contributed by atoms with Crippen LogP contribution < -0.4 is 24.6 Å². The van der Waals surface area contributed by atoms with E-state index < -0.39 is 36.4 Å². The molecule has 0 rings (SSSR count). The topological polar surface area (TPSA) is 304 Å². The van der Waals surface area contributed by atoms with Gasteiger partial charge in [-0.3, -0.25) is 9.59 Å². The normalized spacial score (nSPS) is 7.83. The molecule has 0 saturated carbocycles. The third kappa shape index (κ3) is 12.2. The highest BCUT2D eigenvalue weighted by Crippen LogP contribution is 2.15. The van der Waals surface area contributed by atoms with Crippen molar-refractivity contribution in [3.63, 3.8) is 0 Å². The Bertz CT molecular complexity index is 242. The predicted molar refractivity (Wildman–Crippen MR) is 60.8 cm³/mol. The molecule has 12 heteroatoms. The fraction of sp³-hybridized carbons (Fsp3) is 0.500. The second-order valence-electron chi connectivity index (χ2n) is 2.48. The molecule has 18 heavy (non-hydrogen) atoms. The minimum absolute atomic E-state index is 0. The number of carboxylic acid groups (broad SMARTS) is 3. The first-order valence-electron chi connectivity index (χ1n) is 3.17. The van der Waals surface area contributed by atoms with Crippen molar-refractivity contribution in [2.24, 2.45) is 0 Å². The minimum Gasteiger partial charge on any atom is -0.481 e. The quantitative estimate of drug-likeness (QED) is 0.288. The lowest BCUT2D eigenvalue weighted by Gasteiger charge is -2.18. The van der Waals surface area contributed by atoms with Crippen LogP contribution >= 0.6 is 0 Å². The van der Waals surface area contributed by atoms with Gasteiger partial charge in [-0.2, -0.15) is 0 Å². The molecule has 0 aliphatic rings. The zero-order valence-electron chi connectivity index (χ0n) is 9.76. The molecule has 0 unspecified atom stereocenters. The van der Waals surface area contributed by atoms with Gasteiger partial charge in [0.2, 0.25) is 0 Å². The summed E-state index contributed by atoms with van der Waals surface area (Å²) in [6.45, 7) is 0. The van der Waals surface area contributed by atoms with Gasteiger partial charge in [0.15, 0.2) is 5.60 Å². The molecule has 0 bridgehead atoms. The standard InChI is InChI=1S/C6H8O7.4H3N.H2O/c7-3(8)1-6(13,5(11)12)2-4(9)10;;;;;/h13H,1-2H2,(H,7,8)(H,9,10)(H,11,12);4*1H3;1H2. The van der Waals surface area contributed by atoms with Crippen LogP contribution in [0.2, 0.25) is 0 Å². The number of hydrogen-bond donors (Lipinski definition) is 8. The van der Waals surface area contributed by atoms with E-state index in [1.807, 2.05) is 0 Å². The molecule has 0 radical (unpaired) electrons. The maximum atomic E-state index is 10.3. The van der Waals surface area contributed by atoms with E-state index in [2.05, 4.69) is 0 Å². The van der Waals surface area contributed by atoms with E-state index in [4.69, 9.17) is 20.4 Å². The average molecular weight is 278 g/mol. The second-order valence-corrected chi connectivity index (χ2v) is 2.48. The lowest BCUT2D eigenvalue weighted by Crippen LogP contribution is -2.42. The number of aliphatic hydroxyl groups is 1. The Morgan fingerprint density at radius 3 is 1.11 bits per heavy atom. The second kappa shape index (κ2) is 13.2. The third-order valence-corrected chi connectivity index (χ3v) is 1.29. The molecule has 0 aliphatic carbocycles. The van der Waals surface area contributed by atoms with Crippen molar-refractivity contribution < 1.29 is 40.3 Å². The Morgan fingerprint density at radius 2 is 1.00 bits per heavy atom. The largest absolute Gasteiger partial charge is 0.481 e. The number of carboxylic acids is 3. The first-order chi connectivity index (χ1) is 5.78. The molecule has 114 valence electrons. The van der Waals surface area contributed by atoms with Crippen molar-refractivity contribution in [3.05, 3.63) is 0 Å². The SMILES string of the molecule is N.N.N.N.O.O=C(O)CC(O)(CC(=O)O)C(=O)O. The molecule has 0 saturated heterocycles. The highest BCUT2D eigenvalue weighted by Gasteiger charge is 2.40. The third-order valence-electron chi connectivity index (χ3n) is 1.29. The summed E-state index contributed by atoms with van der Waals surface area (Å²) in [6, 6.07) is 0. The van der Waals surface area contributed by atoms with Crippen LogP contribution in [0.5, 0.6) is 0 Å². The van der Waals surface area contributed by atoms with E-state index in [-0.39, 0.29) is 30.1 Å². The van der Waals surface area contributed by atoms with Crippen LogP contribution in [-0.2, 0) is 14.4 Å². The first-order valence-corrected chi connectivity index (χ1v) is 3.17. The monoisotopic (exact) mass is 278 g/mol. The maximum Gasteiger partial charge on any atom is 0.336 e. The van der Waals surface area contributed by atoms with Crippen molar-refractivity contribution in [3.8, 4) is 0 Å². The smallest absolute Gasteiger partial charge is 0.336 e. The molecule has 0 aromatic heterocycles. The summed E-state index contributed by atoms with van der Waals surface area (Å²) in [7, 11) is 0. The number of hydrogen-bond acceptors (Lipinski definition) is 8. The van der Waals surface area contributed by atoms with Gasteiger partial charge in [-0.1, -0.05) is 0 Å². The fourth-order valence-electron chi connectivity index (χ4n) is 0.714. The molecule has 12 nitrogen and oxygen atoms in total. The zero-order valence-corrected chi connectivity index (χ0v) is 9.76. The van der Waals surface area contributed by atoms with Crippen LogP contribution in [0, 0.1) is 0 Å². The van der Waals surface area contributed by atoms with Gasteiger partial charge in [-0.05, 0) is 0 Å². The Morgan fingerprint density at radius 1 is 0.778 bits per heavy atom. The first kappa shape index (κ1) is 36.0. The highest BCUT2D eigenvalue weighted by atomic mass is 16.4. The summed E-state index contributed by atoms with van der Waals surface area (Å²) in [4.78, 5) is 30.5. The summed E-state index contributed by atoms with van der Waals surface area (Å²) in [5.74, 6) is -5.02. The maximum absolute atomic E-state index is 10.3. The summed E-state index contributed by atoms with van der Waals surface area (Å²) in [5.41, 5.74) is -2.74. The summed E-state index contributed by atoms with van der Waals surface area (Å²) >= 11 is 0. The van der Waals surface area contributed by atoms with Crippen molar-refractivity contribution in [2.45, 2.75) is 18.4 Å². The average Bonchev–Trinajstić information content (AvgIpc) is 1.82. The Hall–Kier alpha value is -1.83. The molecule has 0 heterocycles. The number of rotatable bonds is 5. The van der Waals surface area contributed by atoms with Crippen LogP contribution in [0.25, 0.3) is 0 Å². The van der Waals surface area contributed by atoms with Crippen LogP contribution in [0.4, 0.5) is 0 Å². The predicted octanol–water partition coefficient (Wildman–Crippen LogP) is -1.43. The van der Waals surface area contributed by atoms with Crippen LogP contribution in [0.15, 0.2) is 0 Å². The molecule has 0 aromatic carbocycles. The van der Waals surface area contributed by atoms with Crippen molar-refractivity contribution >= 4 is 17.9 Å². The van der Waals surface area contributed by atoms with Gasteiger partial charge in [0.05, 0.1) is 12.8 Å². The van der Waals surface area contributed by atoms with E-state index in [1.54, 1.807) is 0 Å². The molecule has 0 atom stereocenters. The highest BCUT2D eigenvalue weighted by molar-refractivity contribution is 5.88. The van der Waals surface area contributed by atoms with Crippen LogP contribution in [-0.4, -0.2) is 49.4 Å². The molecule has 0 aromatic rings. The molecule has 0 aliphatic heterocycles. The van der Waals surface area contributed by atoms with Crippen molar-refractivity contribution in [2.75, 3.05) is 0 Å². The van der Waals surface area contributed by atoms with Gasteiger partial charge in [0, 0.05) is 0 Å². The molecular formula is C6H22N4O8. The van der Waals surface area contributed by atoms with Gasteiger partial charge in [-0.15, -0.1) is 0 Å². The Kier molecular flexibility index (Phi) is 26.5. The van der Waals surface area contributed by atoms with Gasteiger partial charge in [0.25, 0.3) is 0 Å². The van der Waals surface area contributed by atoms with E-state index >= 15 is 0 Å². The fourth-order valence-corrected chi connectivity index (χ4v) is 0.714. The zero-order chi connectivity index (χ0) is 10.6. The van der Waals surface area contributed by atoms with E-state index in [9.17, 15) is 14.4 Å². The molecule has 0 amide bonds. The number of carbonyl (C=O) groups is 3. The lowest BCUT2D eigenvalue weighted by molar-refractivity contribution is -0.170. The van der Waals surface area contributed by atoms with Gasteiger partial charge in [-0.25, -0.2) is 4.79 Å². The Labute approximate surface area is 102 Å². The Balaban J connectivity index is -0.0000000720. The summed E-state index contributed by atoms with van der Waals surface area (Å²) in [5, 5.41) is 33.8. The summed E-state index contributed by atoms with van der Waals surface area (Å²) < 4.78 is 0. The van der Waals surface area contributed by atoms with E-state index in [0.29, 0.717) is 0 Å². The van der Waals surface area contributed by atoms with Gasteiger partial charge in [0.1, 0.15) is 0 Å². The molecular weight excluding hydrogens is 256 g/mol. The van der Waals surface area contributed by atoms with Crippen LogP contribution in [0.3, 0.4) is 0 Å². The summed E-state index contributed by atoms with van der Waals surface area (Å²) in [6.07, 6.45) is -2.29. The molecule has 0 fully saturated rings.